The minimum Gasteiger partial charge on any atom is -0.373 e. The molecule has 1 saturated carbocycles. The SMILES string of the molecule is CNc1cc(NCC2CC2)nc(SC)n1. The Morgan fingerprint density at radius 3 is 2.73 bits per heavy atom. The van der Waals surface area contributed by atoms with Gasteiger partial charge in [0, 0.05) is 19.7 Å². The molecule has 2 rings (SSSR count). The lowest BCUT2D eigenvalue weighted by Gasteiger charge is -2.07. The summed E-state index contributed by atoms with van der Waals surface area (Å²) >= 11 is 1.56. The molecule has 5 heteroatoms. The first-order chi connectivity index (χ1) is 7.31. The van der Waals surface area contributed by atoms with Crippen molar-refractivity contribution in [2.24, 2.45) is 5.92 Å². The van der Waals surface area contributed by atoms with Crippen molar-refractivity contribution in [1.82, 2.24) is 9.97 Å². The monoisotopic (exact) mass is 224 g/mol. The molecule has 15 heavy (non-hydrogen) atoms. The minimum atomic E-state index is 0.806. The lowest BCUT2D eigenvalue weighted by atomic mass is 10.4. The molecule has 1 aliphatic rings. The fourth-order valence-corrected chi connectivity index (χ4v) is 1.69. The van der Waals surface area contributed by atoms with Crippen molar-refractivity contribution < 1.29 is 0 Å². The number of rotatable bonds is 5. The van der Waals surface area contributed by atoms with Gasteiger partial charge in [0.25, 0.3) is 0 Å². The highest BCUT2D eigenvalue weighted by Crippen LogP contribution is 2.29. The van der Waals surface area contributed by atoms with Crippen LogP contribution < -0.4 is 10.6 Å². The Hall–Kier alpha value is -0.970. The smallest absolute Gasteiger partial charge is 0.191 e. The molecular weight excluding hydrogens is 208 g/mol. The predicted molar refractivity (Wildman–Crippen MR) is 64.6 cm³/mol. The molecule has 1 aromatic rings. The Morgan fingerprint density at radius 1 is 1.40 bits per heavy atom. The van der Waals surface area contributed by atoms with Gasteiger partial charge >= 0.3 is 0 Å². The first kappa shape index (κ1) is 10.5. The number of nitrogens with one attached hydrogen (secondary N) is 2. The average Bonchev–Trinajstić information content (AvgIpc) is 3.09. The van der Waals surface area contributed by atoms with Gasteiger partial charge in [0.1, 0.15) is 11.6 Å². The number of aromatic nitrogens is 2. The van der Waals surface area contributed by atoms with E-state index in [1.54, 1.807) is 11.8 Å². The summed E-state index contributed by atoms with van der Waals surface area (Å²) in [6.45, 7) is 1.04. The van der Waals surface area contributed by atoms with Crippen LogP contribution in [-0.4, -0.2) is 29.8 Å². The Balaban J connectivity index is 2.06. The number of hydrogen-bond acceptors (Lipinski definition) is 5. The van der Waals surface area contributed by atoms with Gasteiger partial charge in [-0.25, -0.2) is 9.97 Å². The normalized spacial score (nSPS) is 15.1. The highest BCUT2D eigenvalue weighted by Gasteiger charge is 2.20. The average molecular weight is 224 g/mol. The third-order valence-corrected chi connectivity index (χ3v) is 2.96. The summed E-state index contributed by atoms with van der Waals surface area (Å²) in [4.78, 5) is 8.71. The number of anilines is 2. The summed E-state index contributed by atoms with van der Waals surface area (Å²) in [5.74, 6) is 2.65. The van der Waals surface area contributed by atoms with E-state index in [4.69, 9.17) is 0 Å². The summed E-state index contributed by atoms with van der Waals surface area (Å²) in [6.07, 6.45) is 4.69. The lowest BCUT2D eigenvalue weighted by Crippen LogP contribution is -2.07. The van der Waals surface area contributed by atoms with Crippen LogP contribution in [0.2, 0.25) is 0 Å². The van der Waals surface area contributed by atoms with Crippen LogP contribution in [0.4, 0.5) is 11.6 Å². The highest BCUT2D eigenvalue weighted by molar-refractivity contribution is 7.98. The molecule has 4 nitrogen and oxygen atoms in total. The molecular formula is C10H16N4S. The molecule has 0 aliphatic heterocycles. The van der Waals surface area contributed by atoms with E-state index in [1.165, 1.54) is 12.8 Å². The topological polar surface area (TPSA) is 49.8 Å². The lowest BCUT2D eigenvalue weighted by molar-refractivity contribution is 0.869. The van der Waals surface area contributed by atoms with Gasteiger partial charge in [0.05, 0.1) is 0 Å². The van der Waals surface area contributed by atoms with Gasteiger partial charge < -0.3 is 10.6 Å². The molecule has 1 heterocycles. The van der Waals surface area contributed by atoms with Crippen LogP contribution in [0.1, 0.15) is 12.8 Å². The maximum absolute atomic E-state index is 4.40. The van der Waals surface area contributed by atoms with Crippen LogP contribution in [-0.2, 0) is 0 Å². The molecule has 1 aromatic heterocycles. The van der Waals surface area contributed by atoms with E-state index in [0.717, 1.165) is 29.3 Å². The Morgan fingerprint density at radius 2 is 2.13 bits per heavy atom. The third-order valence-electron chi connectivity index (χ3n) is 2.41. The molecule has 1 aliphatic carbocycles. The molecule has 0 radical (unpaired) electrons. The van der Waals surface area contributed by atoms with E-state index in [1.807, 2.05) is 19.4 Å². The van der Waals surface area contributed by atoms with Gasteiger partial charge in [-0.05, 0) is 25.0 Å². The van der Waals surface area contributed by atoms with Crippen molar-refractivity contribution in [2.75, 3.05) is 30.5 Å². The van der Waals surface area contributed by atoms with E-state index >= 15 is 0 Å². The fraction of sp³-hybridized carbons (Fsp3) is 0.600. The fourth-order valence-electron chi connectivity index (χ4n) is 1.31. The van der Waals surface area contributed by atoms with E-state index < -0.39 is 0 Å². The second kappa shape index (κ2) is 4.70. The van der Waals surface area contributed by atoms with E-state index in [0.29, 0.717) is 0 Å². The second-order valence-corrected chi connectivity index (χ2v) is 4.47. The number of thioether (sulfide) groups is 1. The van der Waals surface area contributed by atoms with Crippen LogP contribution in [0.15, 0.2) is 11.2 Å². The van der Waals surface area contributed by atoms with Crippen LogP contribution in [0.25, 0.3) is 0 Å². The van der Waals surface area contributed by atoms with Gasteiger partial charge in [-0.3, -0.25) is 0 Å². The minimum absolute atomic E-state index is 0.806. The summed E-state index contributed by atoms with van der Waals surface area (Å²) in [5.41, 5.74) is 0. The summed E-state index contributed by atoms with van der Waals surface area (Å²) < 4.78 is 0. The maximum Gasteiger partial charge on any atom is 0.191 e. The van der Waals surface area contributed by atoms with Gasteiger partial charge in [0.2, 0.25) is 0 Å². The highest BCUT2D eigenvalue weighted by atomic mass is 32.2. The molecule has 0 aromatic carbocycles. The quantitative estimate of drug-likeness (QED) is 0.592. The summed E-state index contributed by atoms with van der Waals surface area (Å²) in [6, 6.07) is 1.95. The number of nitrogens with zero attached hydrogens (tertiary/aromatic N) is 2. The second-order valence-electron chi connectivity index (χ2n) is 3.70. The molecule has 2 N–H and O–H groups in total. The molecule has 82 valence electrons. The Kier molecular flexibility index (Phi) is 3.30. The van der Waals surface area contributed by atoms with E-state index in [2.05, 4.69) is 20.6 Å². The van der Waals surface area contributed by atoms with Crippen LogP contribution in [0.5, 0.6) is 0 Å². The summed E-state index contributed by atoms with van der Waals surface area (Å²) in [7, 11) is 1.87. The van der Waals surface area contributed by atoms with Gasteiger partial charge in [-0.15, -0.1) is 0 Å². The zero-order chi connectivity index (χ0) is 10.7. The molecule has 0 spiro atoms. The van der Waals surface area contributed by atoms with Crippen molar-refractivity contribution >= 4 is 23.4 Å². The molecule has 0 unspecified atom stereocenters. The van der Waals surface area contributed by atoms with Crippen molar-refractivity contribution in [3.05, 3.63) is 6.07 Å². The van der Waals surface area contributed by atoms with Gasteiger partial charge in [-0.2, -0.15) is 0 Å². The third kappa shape index (κ3) is 2.99. The molecule has 0 atom stereocenters. The van der Waals surface area contributed by atoms with Crippen molar-refractivity contribution in [1.29, 1.82) is 0 Å². The first-order valence-electron chi connectivity index (χ1n) is 5.16. The van der Waals surface area contributed by atoms with E-state index in [-0.39, 0.29) is 0 Å². The van der Waals surface area contributed by atoms with Crippen molar-refractivity contribution in [3.63, 3.8) is 0 Å². The van der Waals surface area contributed by atoms with Crippen LogP contribution in [0, 0.1) is 5.92 Å². The predicted octanol–water partition coefficient (Wildman–Crippen LogP) is 2.06. The van der Waals surface area contributed by atoms with Gasteiger partial charge in [0.15, 0.2) is 5.16 Å². The van der Waals surface area contributed by atoms with Gasteiger partial charge in [-0.1, -0.05) is 11.8 Å². The molecule has 1 fully saturated rings. The molecule has 0 bridgehead atoms. The van der Waals surface area contributed by atoms with Crippen LogP contribution >= 0.6 is 11.8 Å². The molecule has 0 saturated heterocycles. The standard InChI is InChI=1S/C10H16N4S/c1-11-8-5-9(12-6-7-3-4-7)14-10(13-8)15-2/h5,7H,3-4,6H2,1-2H3,(H2,11,12,13,14). The number of hydrogen-bond donors (Lipinski definition) is 2. The molecule has 0 amide bonds. The van der Waals surface area contributed by atoms with Crippen molar-refractivity contribution in [3.8, 4) is 0 Å². The van der Waals surface area contributed by atoms with Crippen molar-refractivity contribution in [2.45, 2.75) is 18.0 Å². The zero-order valence-corrected chi connectivity index (χ0v) is 9.90. The largest absolute Gasteiger partial charge is 0.373 e. The van der Waals surface area contributed by atoms with Crippen LogP contribution in [0.3, 0.4) is 0 Å². The maximum atomic E-state index is 4.40. The first-order valence-corrected chi connectivity index (χ1v) is 6.39. The summed E-state index contributed by atoms with van der Waals surface area (Å²) in [5, 5.41) is 7.20. The Bertz CT molecular complexity index is 316. The van der Waals surface area contributed by atoms with E-state index in [9.17, 15) is 0 Å². The zero-order valence-electron chi connectivity index (χ0n) is 9.08. The Labute approximate surface area is 94.3 Å².